The Morgan fingerprint density at radius 3 is 2.82 bits per heavy atom. The number of rotatable bonds is 7. The number of furan rings is 1. The number of para-hydroxylation sites is 1. The molecule has 2 rings (SSSR count). The summed E-state index contributed by atoms with van der Waals surface area (Å²) in [5.74, 6) is 1.72. The Labute approximate surface area is 131 Å². The molecule has 0 saturated carbocycles. The highest BCUT2D eigenvalue weighted by atomic mass is 16.5. The fourth-order valence-corrected chi connectivity index (χ4v) is 2.29. The number of benzene rings is 1. The highest BCUT2D eigenvalue weighted by molar-refractivity contribution is 5.82. The molecule has 5 nitrogen and oxygen atoms in total. The molecule has 120 valence electrons. The van der Waals surface area contributed by atoms with Crippen LogP contribution in [0.5, 0.6) is 0 Å². The van der Waals surface area contributed by atoms with Gasteiger partial charge in [0.05, 0.1) is 0 Å². The van der Waals surface area contributed by atoms with E-state index in [4.69, 9.17) is 9.15 Å². The van der Waals surface area contributed by atoms with Gasteiger partial charge in [-0.15, -0.1) is 0 Å². The Balaban J connectivity index is 2.03. The highest BCUT2D eigenvalue weighted by Crippen LogP contribution is 2.25. The van der Waals surface area contributed by atoms with Crippen molar-refractivity contribution in [2.45, 2.75) is 26.8 Å². The van der Waals surface area contributed by atoms with E-state index in [0.717, 1.165) is 54.4 Å². The molecule has 0 fully saturated rings. The van der Waals surface area contributed by atoms with E-state index in [9.17, 15) is 0 Å². The molecule has 22 heavy (non-hydrogen) atoms. The molecule has 0 aliphatic carbocycles. The summed E-state index contributed by atoms with van der Waals surface area (Å²) in [5.41, 5.74) is 2.08. The summed E-state index contributed by atoms with van der Waals surface area (Å²) in [6.45, 7) is 7.07. The lowest BCUT2D eigenvalue weighted by Crippen LogP contribution is -2.38. The molecule has 0 aliphatic rings. The summed E-state index contributed by atoms with van der Waals surface area (Å²) in [5, 5.41) is 7.69. The molecule has 1 aromatic heterocycles. The zero-order valence-corrected chi connectivity index (χ0v) is 13.6. The minimum absolute atomic E-state index is 0.528. The van der Waals surface area contributed by atoms with Crippen LogP contribution in [0.25, 0.3) is 11.0 Å². The van der Waals surface area contributed by atoms with Gasteiger partial charge in [-0.2, -0.15) is 0 Å². The maximum absolute atomic E-state index is 5.89. The molecule has 0 spiro atoms. The number of hydrogen-bond acceptors (Lipinski definition) is 3. The van der Waals surface area contributed by atoms with Crippen molar-refractivity contribution in [2.75, 3.05) is 26.8 Å². The third kappa shape index (κ3) is 4.24. The number of aliphatic imine (C=N–C) groups is 1. The summed E-state index contributed by atoms with van der Waals surface area (Å²) >= 11 is 0. The minimum Gasteiger partial charge on any atom is -0.459 e. The van der Waals surface area contributed by atoms with Crippen LogP contribution in [0, 0.1) is 6.92 Å². The number of fused-ring (bicyclic) bond motifs is 1. The van der Waals surface area contributed by atoms with E-state index in [1.807, 2.05) is 18.2 Å². The molecule has 0 saturated heterocycles. The van der Waals surface area contributed by atoms with Gasteiger partial charge in [-0.1, -0.05) is 18.2 Å². The summed E-state index contributed by atoms with van der Waals surface area (Å²) in [6, 6.07) is 8.08. The highest BCUT2D eigenvalue weighted by Gasteiger charge is 2.09. The first-order valence-corrected chi connectivity index (χ1v) is 7.74. The van der Waals surface area contributed by atoms with Crippen molar-refractivity contribution < 1.29 is 9.15 Å². The summed E-state index contributed by atoms with van der Waals surface area (Å²) in [7, 11) is 1.71. The summed E-state index contributed by atoms with van der Waals surface area (Å²) in [6.07, 6.45) is 0.949. The zero-order valence-electron chi connectivity index (χ0n) is 13.6. The lowest BCUT2D eigenvalue weighted by atomic mass is 10.1. The van der Waals surface area contributed by atoms with Crippen LogP contribution in [0.3, 0.4) is 0 Å². The van der Waals surface area contributed by atoms with Crippen LogP contribution < -0.4 is 10.6 Å². The maximum Gasteiger partial charge on any atom is 0.191 e. The van der Waals surface area contributed by atoms with Gasteiger partial charge in [0.2, 0.25) is 0 Å². The molecule has 2 N–H and O–H groups in total. The third-order valence-corrected chi connectivity index (χ3v) is 3.49. The van der Waals surface area contributed by atoms with Crippen LogP contribution in [0.2, 0.25) is 0 Å². The molecule has 0 unspecified atom stereocenters. The molecular weight excluding hydrogens is 278 g/mol. The van der Waals surface area contributed by atoms with Gasteiger partial charge in [0.25, 0.3) is 0 Å². The third-order valence-electron chi connectivity index (χ3n) is 3.49. The molecule has 1 heterocycles. The number of guanidine groups is 1. The van der Waals surface area contributed by atoms with Gasteiger partial charge in [-0.25, -0.2) is 4.99 Å². The molecule has 0 bridgehead atoms. The topological polar surface area (TPSA) is 58.8 Å². The Morgan fingerprint density at radius 2 is 2.09 bits per heavy atom. The van der Waals surface area contributed by atoms with E-state index in [-0.39, 0.29) is 0 Å². The first kappa shape index (κ1) is 16.4. The van der Waals surface area contributed by atoms with Crippen molar-refractivity contribution >= 4 is 16.9 Å². The SMILES string of the molecule is CCNC(=NCc1oc2ccccc2c1C)NCCCOC. The van der Waals surface area contributed by atoms with Gasteiger partial charge in [0.1, 0.15) is 17.9 Å². The van der Waals surface area contributed by atoms with Gasteiger partial charge < -0.3 is 19.8 Å². The largest absolute Gasteiger partial charge is 0.459 e. The molecule has 5 heteroatoms. The number of aryl methyl sites for hydroxylation is 1. The number of nitrogens with zero attached hydrogens (tertiary/aromatic N) is 1. The van der Waals surface area contributed by atoms with E-state index >= 15 is 0 Å². The number of hydrogen-bond donors (Lipinski definition) is 2. The van der Waals surface area contributed by atoms with Crippen molar-refractivity contribution in [2.24, 2.45) is 4.99 Å². The smallest absolute Gasteiger partial charge is 0.191 e. The molecule has 0 atom stereocenters. The van der Waals surface area contributed by atoms with E-state index < -0.39 is 0 Å². The normalized spacial score (nSPS) is 11.9. The van der Waals surface area contributed by atoms with Crippen LogP contribution in [-0.4, -0.2) is 32.8 Å². The van der Waals surface area contributed by atoms with Crippen molar-refractivity contribution in [3.63, 3.8) is 0 Å². The van der Waals surface area contributed by atoms with Crippen LogP contribution in [0.1, 0.15) is 24.7 Å². The average Bonchev–Trinajstić information content (AvgIpc) is 2.86. The molecule has 1 aromatic carbocycles. The number of nitrogens with one attached hydrogen (secondary N) is 2. The predicted molar refractivity (Wildman–Crippen MR) is 90.3 cm³/mol. The Kier molecular flexibility index (Phi) is 6.27. The Hall–Kier alpha value is -2.01. The lowest BCUT2D eigenvalue weighted by molar-refractivity contribution is 0.195. The van der Waals surface area contributed by atoms with Crippen molar-refractivity contribution in [3.05, 3.63) is 35.6 Å². The van der Waals surface area contributed by atoms with Crippen molar-refractivity contribution in [3.8, 4) is 0 Å². The standard InChI is InChI=1S/C17H25N3O2/c1-4-18-17(19-10-7-11-21-3)20-12-16-13(2)14-8-5-6-9-15(14)22-16/h5-6,8-9H,4,7,10-12H2,1-3H3,(H2,18,19,20). The van der Waals surface area contributed by atoms with Gasteiger partial charge in [0.15, 0.2) is 5.96 Å². The number of methoxy groups -OCH3 is 1. The first-order chi connectivity index (χ1) is 10.8. The zero-order chi connectivity index (χ0) is 15.8. The second-order valence-corrected chi connectivity index (χ2v) is 5.11. The second kappa shape index (κ2) is 8.44. The van der Waals surface area contributed by atoms with E-state index in [0.29, 0.717) is 6.54 Å². The molecule has 0 radical (unpaired) electrons. The molecule has 0 amide bonds. The van der Waals surface area contributed by atoms with Gasteiger partial charge >= 0.3 is 0 Å². The minimum atomic E-state index is 0.528. The van der Waals surface area contributed by atoms with Gasteiger partial charge in [-0.3, -0.25) is 0 Å². The fraction of sp³-hybridized carbons (Fsp3) is 0.471. The Bertz CT molecular complexity index is 619. The predicted octanol–water partition coefficient (Wildman–Crippen LogP) is 2.83. The maximum atomic E-state index is 5.89. The van der Waals surface area contributed by atoms with Crippen LogP contribution >= 0.6 is 0 Å². The van der Waals surface area contributed by atoms with E-state index in [2.05, 4.69) is 35.5 Å². The van der Waals surface area contributed by atoms with Gasteiger partial charge in [-0.05, 0) is 26.3 Å². The van der Waals surface area contributed by atoms with E-state index in [1.54, 1.807) is 7.11 Å². The number of ether oxygens (including phenoxy) is 1. The molecular formula is C17H25N3O2. The van der Waals surface area contributed by atoms with Crippen LogP contribution in [0.15, 0.2) is 33.7 Å². The van der Waals surface area contributed by atoms with Crippen LogP contribution in [-0.2, 0) is 11.3 Å². The average molecular weight is 303 g/mol. The Morgan fingerprint density at radius 1 is 1.27 bits per heavy atom. The molecule has 2 aromatic rings. The van der Waals surface area contributed by atoms with Gasteiger partial charge in [0, 0.05) is 37.8 Å². The summed E-state index contributed by atoms with van der Waals surface area (Å²) < 4.78 is 10.9. The quantitative estimate of drug-likeness (QED) is 0.469. The van der Waals surface area contributed by atoms with Crippen LogP contribution in [0.4, 0.5) is 0 Å². The van der Waals surface area contributed by atoms with Crippen molar-refractivity contribution in [1.82, 2.24) is 10.6 Å². The summed E-state index contributed by atoms with van der Waals surface area (Å²) in [4.78, 5) is 4.60. The second-order valence-electron chi connectivity index (χ2n) is 5.11. The van der Waals surface area contributed by atoms with Crippen molar-refractivity contribution in [1.29, 1.82) is 0 Å². The van der Waals surface area contributed by atoms with E-state index in [1.165, 1.54) is 0 Å². The monoisotopic (exact) mass is 303 g/mol. The first-order valence-electron chi connectivity index (χ1n) is 7.74. The fourth-order valence-electron chi connectivity index (χ4n) is 2.29. The molecule has 0 aliphatic heterocycles. The lowest BCUT2D eigenvalue weighted by Gasteiger charge is -2.10.